The summed E-state index contributed by atoms with van der Waals surface area (Å²) in [7, 11) is 0. The lowest BCUT2D eigenvalue weighted by Crippen LogP contribution is -2.36. The molecule has 20 heavy (non-hydrogen) atoms. The van der Waals surface area contributed by atoms with Gasteiger partial charge in [0.25, 0.3) is 0 Å². The van der Waals surface area contributed by atoms with Crippen molar-refractivity contribution in [2.24, 2.45) is 11.3 Å². The third kappa shape index (κ3) is 4.16. The molecule has 2 unspecified atom stereocenters. The van der Waals surface area contributed by atoms with Gasteiger partial charge in [-0.2, -0.15) is 0 Å². The predicted molar refractivity (Wildman–Crippen MR) is 86.4 cm³/mol. The fraction of sp³-hybridized carbons (Fsp3) is 0.667. The fourth-order valence-electron chi connectivity index (χ4n) is 3.24. The molecular weight excluding hydrogens is 246 g/mol. The molecule has 0 aromatic heterocycles. The Balaban J connectivity index is 1.90. The van der Waals surface area contributed by atoms with Crippen LogP contribution in [0, 0.1) is 11.3 Å². The monoisotopic (exact) mass is 275 g/mol. The molecule has 2 heteroatoms. The summed E-state index contributed by atoms with van der Waals surface area (Å²) in [6.45, 7) is 10.1. The summed E-state index contributed by atoms with van der Waals surface area (Å²) in [6.07, 6.45) is 4.94. The first-order valence-electron chi connectivity index (χ1n) is 7.99. The molecule has 112 valence electrons. The zero-order chi connectivity index (χ0) is 14.6. The van der Waals surface area contributed by atoms with Crippen LogP contribution in [0.2, 0.25) is 0 Å². The lowest BCUT2D eigenvalue weighted by Gasteiger charge is -2.40. The second kappa shape index (κ2) is 6.51. The lowest BCUT2D eigenvalue weighted by atomic mass is 9.70. The van der Waals surface area contributed by atoms with Gasteiger partial charge in [0.05, 0.1) is 6.61 Å². The first-order chi connectivity index (χ1) is 9.50. The maximum atomic E-state index is 5.62. The lowest BCUT2D eigenvalue weighted by molar-refractivity contribution is 0.177. The Morgan fingerprint density at radius 3 is 2.55 bits per heavy atom. The first-order valence-corrected chi connectivity index (χ1v) is 7.99. The number of ether oxygens (including phenoxy) is 1. The Morgan fingerprint density at radius 1 is 1.25 bits per heavy atom. The molecule has 1 aliphatic carbocycles. The summed E-state index contributed by atoms with van der Waals surface area (Å²) in [5.41, 5.74) is 1.72. The van der Waals surface area contributed by atoms with E-state index in [2.05, 4.69) is 57.3 Å². The van der Waals surface area contributed by atoms with E-state index in [0.29, 0.717) is 11.5 Å². The quantitative estimate of drug-likeness (QED) is 0.807. The summed E-state index contributed by atoms with van der Waals surface area (Å²) in [5.74, 6) is 1.70. The second-order valence-corrected chi connectivity index (χ2v) is 7.01. The minimum absolute atomic E-state index is 0.509. The van der Waals surface area contributed by atoms with Gasteiger partial charge < -0.3 is 10.1 Å². The van der Waals surface area contributed by atoms with Gasteiger partial charge in [-0.25, -0.2) is 0 Å². The normalized spacial score (nSPS) is 25.2. The number of anilines is 1. The van der Waals surface area contributed by atoms with E-state index in [9.17, 15) is 0 Å². The van der Waals surface area contributed by atoms with Gasteiger partial charge in [-0.1, -0.05) is 27.7 Å². The van der Waals surface area contributed by atoms with Crippen molar-refractivity contribution in [3.05, 3.63) is 24.3 Å². The molecule has 1 aromatic rings. The summed E-state index contributed by atoms with van der Waals surface area (Å²) >= 11 is 0. The Bertz CT molecular complexity index is 410. The highest BCUT2D eigenvalue weighted by Gasteiger charge is 2.32. The summed E-state index contributed by atoms with van der Waals surface area (Å²) in [6, 6.07) is 9.00. The SMILES string of the molecule is CCCOc1ccc(NC2CCC(C)(C)CC2C)cc1. The van der Waals surface area contributed by atoms with Crippen molar-refractivity contribution in [1.29, 1.82) is 0 Å². The Labute approximate surface area is 123 Å². The van der Waals surface area contributed by atoms with Crippen LogP contribution in [-0.2, 0) is 0 Å². The van der Waals surface area contributed by atoms with Gasteiger partial charge in [-0.3, -0.25) is 0 Å². The third-order valence-electron chi connectivity index (χ3n) is 4.37. The smallest absolute Gasteiger partial charge is 0.119 e. The van der Waals surface area contributed by atoms with Crippen LogP contribution in [0.3, 0.4) is 0 Å². The van der Waals surface area contributed by atoms with Gasteiger partial charge in [0.1, 0.15) is 5.75 Å². The molecule has 0 spiro atoms. The summed E-state index contributed by atoms with van der Waals surface area (Å²) < 4.78 is 5.62. The van der Waals surface area contributed by atoms with Gasteiger partial charge in [-0.05, 0) is 61.3 Å². The van der Waals surface area contributed by atoms with Crippen LogP contribution in [0.1, 0.15) is 53.4 Å². The van der Waals surface area contributed by atoms with E-state index >= 15 is 0 Å². The zero-order valence-corrected chi connectivity index (χ0v) is 13.4. The van der Waals surface area contributed by atoms with Crippen LogP contribution in [0.25, 0.3) is 0 Å². The van der Waals surface area contributed by atoms with E-state index < -0.39 is 0 Å². The first kappa shape index (κ1) is 15.2. The van der Waals surface area contributed by atoms with Gasteiger partial charge in [0.2, 0.25) is 0 Å². The minimum atomic E-state index is 0.509. The predicted octanol–water partition coefficient (Wildman–Crippen LogP) is 5.10. The molecule has 2 atom stereocenters. The molecule has 1 N–H and O–H groups in total. The molecule has 1 fully saturated rings. The number of hydrogen-bond donors (Lipinski definition) is 1. The van der Waals surface area contributed by atoms with Gasteiger partial charge in [0.15, 0.2) is 0 Å². The second-order valence-electron chi connectivity index (χ2n) is 7.01. The Kier molecular flexibility index (Phi) is 4.95. The summed E-state index contributed by atoms with van der Waals surface area (Å²) in [5, 5.41) is 3.70. The van der Waals surface area contributed by atoms with Crippen molar-refractivity contribution < 1.29 is 4.74 Å². The molecule has 0 saturated heterocycles. The zero-order valence-electron chi connectivity index (χ0n) is 13.4. The number of nitrogens with one attached hydrogen (secondary N) is 1. The number of benzene rings is 1. The van der Waals surface area contributed by atoms with Gasteiger partial charge in [-0.15, -0.1) is 0 Å². The topological polar surface area (TPSA) is 21.3 Å². The van der Waals surface area contributed by atoms with Crippen LogP contribution >= 0.6 is 0 Å². The van der Waals surface area contributed by atoms with Crippen molar-refractivity contribution >= 4 is 5.69 Å². The van der Waals surface area contributed by atoms with E-state index in [4.69, 9.17) is 4.74 Å². The highest BCUT2D eigenvalue weighted by atomic mass is 16.5. The van der Waals surface area contributed by atoms with E-state index in [1.807, 2.05) is 0 Å². The molecule has 1 aromatic carbocycles. The van der Waals surface area contributed by atoms with Crippen molar-refractivity contribution in [2.45, 2.75) is 59.4 Å². The molecule has 0 heterocycles. The van der Waals surface area contributed by atoms with Crippen molar-refractivity contribution in [3.8, 4) is 5.75 Å². The van der Waals surface area contributed by atoms with Gasteiger partial charge >= 0.3 is 0 Å². The van der Waals surface area contributed by atoms with Crippen molar-refractivity contribution in [2.75, 3.05) is 11.9 Å². The maximum absolute atomic E-state index is 5.62. The highest BCUT2D eigenvalue weighted by Crippen LogP contribution is 2.39. The molecule has 0 aliphatic heterocycles. The van der Waals surface area contributed by atoms with Crippen LogP contribution in [0.15, 0.2) is 24.3 Å². The molecule has 1 aliphatic rings. The minimum Gasteiger partial charge on any atom is -0.494 e. The maximum Gasteiger partial charge on any atom is 0.119 e. The standard InChI is InChI=1S/C18H29NO/c1-5-12-20-16-8-6-15(7-9-16)19-17-10-11-18(3,4)13-14(17)2/h6-9,14,17,19H,5,10-13H2,1-4H3. The highest BCUT2D eigenvalue weighted by molar-refractivity contribution is 5.47. The average molecular weight is 275 g/mol. The van der Waals surface area contributed by atoms with E-state index in [0.717, 1.165) is 24.7 Å². The van der Waals surface area contributed by atoms with Crippen molar-refractivity contribution in [3.63, 3.8) is 0 Å². The Morgan fingerprint density at radius 2 is 1.95 bits per heavy atom. The molecule has 0 bridgehead atoms. The summed E-state index contributed by atoms with van der Waals surface area (Å²) in [4.78, 5) is 0. The molecule has 0 radical (unpaired) electrons. The average Bonchev–Trinajstić information content (AvgIpc) is 2.40. The van der Waals surface area contributed by atoms with Crippen LogP contribution < -0.4 is 10.1 Å². The molecule has 2 rings (SSSR count). The fourth-order valence-corrected chi connectivity index (χ4v) is 3.24. The van der Waals surface area contributed by atoms with Crippen LogP contribution in [0.4, 0.5) is 5.69 Å². The van der Waals surface area contributed by atoms with Crippen LogP contribution in [-0.4, -0.2) is 12.6 Å². The molecule has 1 saturated carbocycles. The van der Waals surface area contributed by atoms with Gasteiger partial charge in [0, 0.05) is 11.7 Å². The number of hydrogen-bond acceptors (Lipinski definition) is 2. The Hall–Kier alpha value is -1.18. The molecule has 2 nitrogen and oxygen atoms in total. The van der Waals surface area contributed by atoms with E-state index in [1.54, 1.807) is 0 Å². The molecule has 0 amide bonds. The van der Waals surface area contributed by atoms with Crippen LogP contribution in [0.5, 0.6) is 5.75 Å². The van der Waals surface area contributed by atoms with E-state index in [1.165, 1.54) is 24.9 Å². The number of rotatable bonds is 5. The molecular formula is C18H29NO. The van der Waals surface area contributed by atoms with Crippen molar-refractivity contribution in [1.82, 2.24) is 0 Å². The largest absolute Gasteiger partial charge is 0.494 e. The third-order valence-corrected chi connectivity index (χ3v) is 4.37. The van der Waals surface area contributed by atoms with E-state index in [-0.39, 0.29) is 0 Å².